The summed E-state index contributed by atoms with van der Waals surface area (Å²) in [6, 6.07) is 0.816. The zero-order valence-corrected chi connectivity index (χ0v) is 16.0. The van der Waals surface area contributed by atoms with Crippen LogP contribution < -0.4 is 0 Å². The van der Waals surface area contributed by atoms with Crippen molar-refractivity contribution >= 4 is 27.5 Å². The van der Waals surface area contributed by atoms with Gasteiger partial charge in [0, 0.05) is 23.8 Å². The highest BCUT2D eigenvalue weighted by molar-refractivity contribution is 7.91. The molecule has 144 valence electrons. The van der Waals surface area contributed by atoms with E-state index >= 15 is 0 Å². The molecule has 2 heterocycles. The SMILES string of the molecule is CC[C@H](C)N(C(=O)COC(=O)c1cc(C(C)=O)c[nH]1)[C@@H]1CCS(=O)(=O)C1. The van der Waals surface area contributed by atoms with Gasteiger partial charge in [-0.05, 0) is 32.8 Å². The molecule has 0 aromatic carbocycles. The van der Waals surface area contributed by atoms with Gasteiger partial charge >= 0.3 is 5.97 Å². The fourth-order valence-electron chi connectivity index (χ4n) is 3.00. The molecule has 1 saturated heterocycles. The van der Waals surface area contributed by atoms with Crippen molar-refractivity contribution in [3.8, 4) is 0 Å². The molecule has 1 N–H and O–H groups in total. The first kappa shape index (κ1) is 20.2. The number of sulfone groups is 1. The van der Waals surface area contributed by atoms with E-state index in [4.69, 9.17) is 4.74 Å². The molecule has 1 aliphatic rings. The number of hydrogen-bond donors (Lipinski definition) is 1. The molecule has 0 aliphatic carbocycles. The lowest BCUT2D eigenvalue weighted by atomic mass is 10.1. The van der Waals surface area contributed by atoms with Crippen LogP contribution in [0.15, 0.2) is 12.3 Å². The molecule has 1 amide bonds. The number of nitrogens with zero attached hydrogens (tertiary/aromatic N) is 1. The number of carbonyl (C=O) groups is 3. The van der Waals surface area contributed by atoms with Crippen molar-refractivity contribution in [2.24, 2.45) is 0 Å². The molecule has 26 heavy (non-hydrogen) atoms. The Morgan fingerprint density at radius 3 is 2.58 bits per heavy atom. The number of aromatic nitrogens is 1. The molecular formula is C17H24N2O6S. The molecule has 0 unspecified atom stereocenters. The monoisotopic (exact) mass is 384 g/mol. The maximum atomic E-state index is 12.6. The lowest BCUT2D eigenvalue weighted by Crippen LogP contribution is -2.48. The Morgan fingerprint density at radius 2 is 2.08 bits per heavy atom. The second-order valence-electron chi connectivity index (χ2n) is 6.55. The third kappa shape index (κ3) is 4.72. The number of nitrogens with one attached hydrogen (secondary N) is 1. The van der Waals surface area contributed by atoms with Gasteiger partial charge in [0.25, 0.3) is 5.91 Å². The van der Waals surface area contributed by atoms with E-state index < -0.39 is 34.4 Å². The minimum Gasteiger partial charge on any atom is -0.451 e. The van der Waals surface area contributed by atoms with E-state index in [2.05, 4.69) is 4.98 Å². The predicted molar refractivity (Wildman–Crippen MR) is 94.7 cm³/mol. The van der Waals surface area contributed by atoms with Crippen LogP contribution in [0.1, 0.15) is 54.5 Å². The fraction of sp³-hybridized carbons (Fsp3) is 0.588. The topological polar surface area (TPSA) is 114 Å². The number of carbonyl (C=O) groups excluding carboxylic acids is 3. The molecule has 1 aromatic rings. The molecule has 1 aromatic heterocycles. The number of ether oxygens (including phenoxy) is 1. The second-order valence-corrected chi connectivity index (χ2v) is 8.78. The first-order valence-electron chi connectivity index (χ1n) is 8.52. The summed E-state index contributed by atoms with van der Waals surface area (Å²) in [5.74, 6) is -1.35. The molecule has 1 fully saturated rings. The van der Waals surface area contributed by atoms with Crippen molar-refractivity contribution in [3.63, 3.8) is 0 Å². The van der Waals surface area contributed by atoms with Gasteiger partial charge in [0.1, 0.15) is 5.69 Å². The van der Waals surface area contributed by atoms with Gasteiger partial charge in [-0.25, -0.2) is 13.2 Å². The van der Waals surface area contributed by atoms with Gasteiger partial charge in [-0.3, -0.25) is 9.59 Å². The van der Waals surface area contributed by atoms with Crippen molar-refractivity contribution in [2.75, 3.05) is 18.1 Å². The number of hydrogen-bond acceptors (Lipinski definition) is 6. The summed E-state index contributed by atoms with van der Waals surface area (Å²) < 4.78 is 28.5. The molecule has 9 heteroatoms. The van der Waals surface area contributed by atoms with Crippen molar-refractivity contribution in [3.05, 3.63) is 23.5 Å². The summed E-state index contributed by atoms with van der Waals surface area (Å²) in [6.07, 6.45) is 2.45. The normalized spacial score (nSPS) is 19.7. The van der Waals surface area contributed by atoms with E-state index in [1.165, 1.54) is 24.1 Å². The van der Waals surface area contributed by atoms with Gasteiger partial charge in [0.2, 0.25) is 0 Å². The summed E-state index contributed by atoms with van der Waals surface area (Å²) in [4.78, 5) is 40.0. The summed E-state index contributed by atoms with van der Waals surface area (Å²) in [5, 5.41) is 0. The third-order valence-corrected chi connectivity index (χ3v) is 6.34. The average Bonchev–Trinajstić information content (AvgIpc) is 3.19. The fourth-order valence-corrected chi connectivity index (χ4v) is 4.71. The highest BCUT2D eigenvalue weighted by atomic mass is 32.2. The van der Waals surface area contributed by atoms with Crippen LogP contribution >= 0.6 is 0 Å². The van der Waals surface area contributed by atoms with Gasteiger partial charge in [-0.1, -0.05) is 6.92 Å². The van der Waals surface area contributed by atoms with Crippen molar-refractivity contribution in [2.45, 2.75) is 45.7 Å². The minimum atomic E-state index is -3.13. The number of aromatic amines is 1. The van der Waals surface area contributed by atoms with E-state index in [-0.39, 0.29) is 29.0 Å². The highest BCUT2D eigenvalue weighted by Crippen LogP contribution is 2.21. The van der Waals surface area contributed by atoms with E-state index in [9.17, 15) is 22.8 Å². The summed E-state index contributed by atoms with van der Waals surface area (Å²) in [5.41, 5.74) is 0.433. The number of H-pyrrole nitrogens is 1. The Labute approximate surface area is 152 Å². The molecule has 8 nitrogen and oxygen atoms in total. The van der Waals surface area contributed by atoms with Gasteiger partial charge < -0.3 is 14.6 Å². The first-order valence-corrected chi connectivity index (χ1v) is 10.3. The Morgan fingerprint density at radius 1 is 1.38 bits per heavy atom. The quantitative estimate of drug-likeness (QED) is 0.558. The average molecular weight is 384 g/mol. The van der Waals surface area contributed by atoms with Crippen LogP contribution in [-0.2, 0) is 19.4 Å². The van der Waals surface area contributed by atoms with Gasteiger partial charge in [-0.15, -0.1) is 0 Å². The standard InChI is InChI=1S/C17H24N2O6S/c1-4-11(2)19(14-5-6-26(23,24)10-14)16(21)9-25-17(22)15-7-13(8-18-15)12(3)20/h7-8,11,14,18H,4-6,9-10H2,1-3H3/t11-,14+/m0/s1. The second kappa shape index (κ2) is 8.03. The molecule has 2 rings (SSSR count). The summed E-state index contributed by atoms with van der Waals surface area (Å²) in [6.45, 7) is 4.65. The number of rotatable bonds is 7. The Balaban J connectivity index is 2.02. The van der Waals surface area contributed by atoms with Crippen LogP contribution in [0.3, 0.4) is 0 Å². The van der Waals surface area contributed by atoms with E-state index in [0.29, 0.717) is 18.4 Å². The van der Waals surface area contributed by atoms with Gasteiger partial charge in [0.15, 0.2) is 22.2 Å². The summed E-state index contributed by atoms with van der Waals surface area (Å²) in [7, 11) is -3.13. The molecular weight excluding hydrogens is 360 g/mol. The zero-order valence-electron chi connectivity index (χ0n) is 15.1. The minimum absolute atomic E-state index is 0.0599. The summed E-state index contributed by atoms with van der Waals surface area (Å²) >= 11 is 0. The van der Waals surface area contributed by atoms with Crippen molar-refractivity contribution in [1.82, 2.24) is 9.88 Å². The number of esters is 1. The van der Waals surface area contributed by atoms with E-state index in [1.807, 2.05) is 13.8 Å². The van der Waals surface area contributed by atoms with Crippen LogP contribution in [0.25, 0.3) is 0 Å². The smallest absolute Gasteiger partial charge is 0.355 e. The number of ketones is 1. The van der Waals surface area contributed by atoms with Crippen LogP contribution in [0.2, 0.25) is 0 Å². The van der Waals surface area contributed by atoms with Crippen LogP contribution in [0.4, 0.5) is 0 Å². The largest absolute Gasteiger partial charge is 0.451 e. The van der Waals surface area contributed by atoms with Crippen molar-refractivity contribution < 1.29 is 27.5 Å². The molecule has 0 radical (unpaired) electrons. The van der Waals surface area contributed by atoms with Gasteiger partial charge in [0.05, 0.1) is 11.5 Å². The number of Topliss-reactive ketones (excluding diaryl/α,β-unsaturated/α-hetero) is 1. The number of amides is 1. The Bertz CT molecular complexity index is 798. The first-order chi connectivity index (χ1) is 12.1. The van der Waals surface area contributed by atoms with E-state index in [1.54, 1.807) is 0 Å². The van der Waals surface area contributed by atoms with Crippen LogP contribution in [0.5, 0.6) is 0 Å². The Hall–Kier alpha value is -2.16. The molecule has 0 bridgehead atoms. The van der Waals surface area contributed by atoms with Crippen LogP contribution in [-0.4, -0.2) is 66.2 Å². The lowest BCUT2D eigenvalue weighted by molar-refractivity contribution is -0.138. The molecule has 0 saturated carbocycles. The maximum Gasteiger partial charge on any atom is 0.355 e. The zero-order chi connectivity index (χ0) is 19.5. The molecule has 1 aliphatic heterocycles. The van der Waals surface area contributed by atoms with E-state index in [0.717, 1.165) is 0 Å². The maximum absolute atomic E-state index is 12.6. The Kier molecular flexibility index (Phi) is 6.22. The van der Waals surface area contributed by atoms with Crippen molar-refractivity contribution in [1.29, 1.82) is 0 Å². The van der Waals surface area contributed by atoms with Gasteiger partial charge in [-0.2, -0.15) is 0 Å². The van der Waals surface area contributed by atoms with Crippen LogP contribution in [0, 0.1) is 0 Å². The lowest BCUT2D eigenvalue weighted by Gasteiger charge is -2.33. The molecule has 0 spiro atoms. The molecule has 2 atom stereocenters. The highest BCUT2D eigenvalue weighted by Gasteiger charge is 2.36. The third-order valence-electron chi connectivity index (χ3n) is 4.59. The predicted octanol–water partition coefficient (Wildman–Crippen LogP) is 1.19.